The lowest BCUT2D eigenvalue weighted by Crippen LogP contribution is -2.19. The SMILES string of the molecule is CC(Cc1ccc(Cl)s1)C(N)=S. The van der Waals surface area contributed by atoms with Gasteiger partial charge in [0, 0.05) is 10.8 Å². The first-order valence-corrected chi connectivity index (χ1v) is 5.23. The van der Waals surface area contributed by atoms with E-state index in [-0.39, 0.29) is 5.92 Å². The minimum absolute atomic E-state index is 0.259. The van der Waals surface area contributed by atoms with Crippen LogP contribution >= 0.6 is 35.2 Å². The molecule has 1 unspecified atom stereocenters. The number of halogens is 1. The molecule has 0 amide bonds. The Hall–Kier alpha value is -0.120. The molecule has 1 aromatic heterocycles. The zero-order valence-corrected chi connectivity index (χ0v) is 9.10. The lowest BCUT2D eigenvalue weighted by atomic mass is 10.1. The summed E-state index contributed by atoms with van der Waals surface area (Å²) in [4.78, 5) is 1.81. The van der Waals surface area contributed by atoms with Crippen LogP contribution in [0.3, 0.4) is 0 Å². The van der Waals surface area contributed by atoms with Gasteiger partial charge in [0.25, 0.3) is 0 Å². The molecule has 0 fully saturated rings. The van der Waals surface area contributed by atoms with Crippen LogP contribution in [0.15, 0.2) is 12.1 Å². The van der Waals surface area contributed by atoms with E-state index in [2.05, 4.69) is 0 Å². The van der Waals surface area contributed by atoms with Crippen molar-refractivity contribution >= 4 is 40.1 Å². The zero-order chi connectivity index (χ0) is 9.14. The van der Waals surface area contributed by atoms with Crippen LogP contribution in [-0.2, 0) is 6.42 Å². The fourth-order valence-corrected chi connectivity index (χ4v) is 2.16. The Morgan fingerprint density at radius 3 is 2.83 bits per heavy atom. The summed E-state index contributed by atoms with van der Waals surface area (Å²) in [5, 5.41) is 0. The highest BCUT2D eigenvalue weighted by molar-refractivity contribution is 7.80. The minimum atomic E-state index is 0.259. The molecule has 0 aliphatic heterocycles. The van der Waals surface area contributed by atoms with E-state index in [1.807, 2.05) is 19.1 Å². The van der Waals surface area contributed by atoms with E-state index in [0.717, 1.165) is 10.8 Å². The minimum Gasteiger partial charge on any atom is -0.393 e. The zero-order valence-electron chi connectivity index (χ0n) is 6.71. The molecule has 0 aliphatic carbocycles. The van der Waals surface area contributed by atoms with Gasteiger partial charge >= 0.3 is 0 Å². The van der Waals surface area contributed by atoms with Gasteiger partial charge < -0.3 is 5.73 Å². The normalized spacial score (nSPS) is 12.8. The number of hydrogen-bond donors (Lipinski definition) is 1. The predicted octanol–water partition coefficient (Wildman–Crippen LogP) is 2.87. The Bertz CT molecular complexity index is 282. The lowest BCUT2D eigenvalue weighted by Gasteiger charge is -2.06. The summed E-state index contributed by atoms with van der Waals surface area (Å²) >= 11 is 12.2. The molecule has 1 atom stereocenters. The van der Waals surface area contributed by atoms with Gasteiger partial charge in [-0.2, -0.15) is 0 Å². The van der Waals surface area contributed by atoms with Crippen molar-refractivity contribution < 1.29 is 0 Å². The van der Waals surface area contributed by atoms with E-state index >= 15 is 0 Å². The smallest absolute Gasteiger partial charge is 0.0931 e. The van der Waals surface area contributed by atoms with Crippen LogP contribution in [0.4, 0.5) is 0 Å². The molecule has 2 N–H and O–H groups in total. The van der Waals surface area contributed by atoms with Gasteiger partial charge in [-0.15, -0.1) is 11.3 Å². The average Bonchev–Trinajstić information content (AvgIpc) is 2.35. The maximum atomic E-state index is 5.78. The van der Waals surface area contributed by atoms with E-state index in [9.17, 15) is 0 Å². The Morgan fingerprint density at radius 1 is 1.75 bits per heavy atom. The fraction of sp³-hybridized carbons (Fsp3) is 0.375. The highest BCUT2D eigenvalue weighted by Gasteiger charge is 2.07. The monoisotopic (exact) mass is 219 g/mol. The third-order valence-electron chi connectivity index (χ3n) is 1.62. The summed E-state index contributed by atoms with van der Waals surface area (Å²) < 4.78 is 0.820. The third kappa shape index (κ3) is 2.73. The van der Waals surface area contributed by atoms with Crippen molar-refractivity contribution in [3.8, 4) is 0 Å². The van der Waals surface area contributed by atoms with Gasteiger partial charge in [0.2, 0.25) is 0 Å². The first kappa shape index (κ1) is 9.96. The van der Waals surface area contributed by atoms with Gasteiger partial charge in [0.05, 0.1) is 9.32 Å². The van der Waals surface area contributed by atoms with Crippen LogP contribution < -0.4 is 5.73 Å². The summed E-state index contributed by atoms with van der Waals surface area (Å²) in [6.07, 6.45) is 0.896. The highest BCUT2D eigenvalue weighted by Crippen LogP contribution is 2.23. The van der Waals surface area contributed by atoms with E-state index in [1.54, 1.807) is 11.3 Å². The lowest BCUT2D eigenvalue weighted by molar-refractivity contribution is 0.782. The largest absolute Gasteiger partial charge is 0.393 e. The molecule has 4 heteroatoms. The second kappa shape index (κ2) is 4.21. The number of nitrogens with two attached hydrogens (primary N) is 1. The molecule has 1 heterocycles. The van der Waals surface area contributed by atoms with Crippen LogP contribution in [0.2, 0.25) is 4.34 Å². The molecule has 12 heavy (non-hydrogen) atoms. The van der Waals surface area contributed by atoms with Crippen LogP contribution in [0.1, 0.15) is 11.8 Å². The molecule has 1 rings (SSSR count). The van der Waals surface area contributed by atoms with Gasteiger partial charge in [0.15, 0.2) is 0 Å². The summed E-state index contributed by atoms with van der Waals surface area (Å²) in [6.45, 7) is 2.02. The van der Waals surface area contributed by atoms with E-state index in [1.165, 1.54) is 4.88 Å². The Labute approximate surface area is 86.5 Å². The molecule has 1 aromatic rings. The van der Waals surface area contributed by atoms with Crippen LogP contribution in [0, 0.1) is 5.92 Å². The van der Waals surface area contributed by atoms with Crippen molar-refractivity contribution in [2.45, 2.75) is 13.3 Å². The quantitative estimate of drug-likeness (QED) is 0.792. The number of thiocarbonyl (C=S) groups is 1. The van der Waals surface area contributed by atoms with Crippen molar-refractivity contribution in [3.05, 3.63) is 21.3 Å². The van der Waals surface area contributed by atoms with Crippen molar-refractivity contribution in [2.24, 2.45) is 11.7 Å². The van der Waals surface area contributed by atoms with Crippen molar-refractivity contribution in [3.63, 3.8) is 0 Å². The maximum absolute atomic E-state index is 5.78. The summed E-state index contributed by atoms with van der Waals surface area (Å²) in [7, 11) is 0. The molecular weight excluding hydrogens is 210 g/mol. The summed E-state index contributed by atoms with van der Waals surface area (Å²) in [5.74, 6) is 0.259. The standard InChI is InChI=1S/C8H10ClNS2/c1-5(8(10)11)4-6-2-3-7(9)12-6/h2-3,5H,4H2,1H3,(H2,10,11). The molecule has 0 aliphatic rings. The van der Waals surface area contributed by atoms with Gasteiger partial charge in [-0.05, 0) is 18.6 Å². The van der Waals surface area contributed by atoms with Crippen LogP contribution in [0.25, 0.3) is 0 Å². The second-order valence-electron chi connectivity index (χ2n) is 2.71. The molecule has 0 bridgehead atoms. The molecule has 0 saturated carbocycles. The van der Waals surface area contributed by atoms with E-state index in [0.29, 0.717) is 4.99 Å². The summed E-state index contributed by atoms with van der Waals surface area (Å²) in [5.41, 5.74) is 5.49. The average molecular weight is 220 g/mol. The van der Waals surface area contributed by atoms with Crippen molar-refractivity contribution in [1.82, 2.24) is 0 Å². The highest BCUT2D eigenvalue weighted by atomic mass is 35.5. The topological polar surface area (TPSA) is 26.0 Å². The Kier molecular flexibility index (Phi) is 3.50. The Balaban J connectivity index is 2.58. The molecular formula is C8H10ClNS2. The van der Waals surface area contributed by atoms with Crippen LogP contribution in [0.5, 0.6) is 0 Å². The molecule has 66 valence electrons. The molecule has 0 spiro atoms. The van der Waals surface area contributed by atoms with Gasteiger partial charge in [-0.3, -0.25) is 0 Å². The fourth-order valence-electron chi connectivity index (χ4n) is 0.864. The van der Waals surface area contributed by atoms with Crippen LogP contribution in [-0.4, -0.2) is 4.99 Å². The van der Waals surface area contributed by atoms with Gasteiger partial charge in [-0.25, -0.2) is 0 Å². The van der Waals surface area contributed by atoms with E-state index < -0.39 is 0 Å². The van der Waals surface area contributed by atoms with Crippen molar-refractivity contribution in [1.29, 1.82) is 0 Å². The molecule has 1 nitrogen and oxygen atoms in total. The second-order valence-corrected chi connectivity index (χ2v) is 4.98. The summed E-state index contributed by atoms with van der Waals surface area (Å²) in [6, 6.07) is 3.91. The molecule has 0 radical (unpaired) electrons. The van der Waals surface area contributed by atoms with E-state index in [4.69, 9.17) is 29.6 Å². The van der Waals surface area contributed by atoms with Crippen molar-refractivity contribution in [2.75, 3.05) is 0 Å². The third-order valence-corrected chi connectivity index (χ3v) is 3.28. The number of thiophene rings is 1. The predicted molar refractivity (Wildman–Crippen MR) is 59.0 cm³/mol. The maximum Gasteiger partial charge on any atom is 0.0931 e. The number of hydrogen-bond acceptors (Lipinski definition) is 2. The first-order valence-electron chi connectivity index (χ1n) is 3.63. The molecule has 0 aromatic carbocycles. The van der Waals surface area contributed by atoms with Gasteiger partial charge in [-0.1, -0.05) is 30.7 Å². The van der Waals surface area contributed by atoms with Gasteiger partial charge in [0.1, 0.15) is 0 Å². The Morgan fingerprint density at radius 2 is 2.42 bits per heavy atom. The number of rotatable bonds is 3. The first-order chi connectivity index (χ1) is 5.59. The molecule has 0 saturated heterocycles.